The highest BCUT2D eigenvalue weighted by Crippen LogP contribution is 2.30. The van der Waals surface area contributed by atoms with Crippen LogP contribution in [0.15, 0.2) is 12.3 Å². The second-order valence-corrected chi connectivity index (χ2v) is 5.14. The van der Waals surface area contributed by atoms with Crippen molar-refractivity contribution in [2.24, 2.45) is 5.92 Å². The molecule has 18 heavy (non-hydrogen) atoms. The Morgan fingerprint density at radius 3 is 3.06 bits per heavy atom. The van der Waals surface area contributed by atoms with Crippen molar-refractivity contribution in [2.75, 3.05) is 25.1 Å². The van der Waals surface area contributed by atoms with Crippen LogP contribution < -0.4 is 4.90 Å². The van der Waals surface area contributed by atoms with E-state index in [2.05, 4.69) is 27.0 Å². The molecule has 2 aromatic rings. The van der Waals surface area contributed by atoms with E-state index >= 15 is 0 Å². The standard InChI is InChI=1S/C12H15ClN4O/c1-7-5-17(6-10(7)18-2)12-8-4-14-11(13)3-9(8)15-16-12/h3-4,7,10H,5-6H2,1-2H3,(H,15,16). The summed E-state index contributed by atoms with van der Waals surface area (Å²) in [6.45, 7) is 4.00. The maximum Gasteiger partial charge on any atom is 0.159 e. The molecule has 1 fully saturated rings. The summed E-state index contributed by atoms with van der Waals surface area (Å²) < 4.78 is 5.47. The largest absolute Gasteiger partial charge is 0.379 e. The first-order valence-electron chi connectivity index (χ1n) is 5.96. The minimum absolute atomic E-state index is 0.261. The number of rotatable bonds is 2. The second-order valence-electron chi connectivity index (χ2n) is 4.76. The van der Waals surface area contributed by atoms with Gasteiger partial charge in [-0.05, 0) is 0 Å². The first-order chi connectivity index (χ1) is 8.69. The molecule has 0 bridgehead atoms. The Morgan fingerprint density at radius 2 is 2.33 bits per heavy atom. The maximum absolute atomic E-state index is 5.86. The van der Waals surface area contributed by atoms with Gasteiger partial charge in [0.2, 0.25) is 0 Å². The van der Waals surface area contributed by atoms with Gasteiger partial charge in [-0.25, -0.2) is 4.98 Å². The molecule has 2 aromatic heterocycles. The predicted octanol–water partition coefficient (Wildman–Crippen LogP) is 2.08. The molecular weight excluding hydrogens is 252 g/mol. The fourth-order valence-corrected chi connectivity index (χ4v) is 2.69. The lowest BCUT2D eigenvalue weighted by Crippen LogP contribution is -2.22. The average Bonchev–Trinajstić information content (AvgIpc) is 2.91. The van der Waals surface area contributed by atoms with Gasteiger partial charge >= 0.3 is 0 Å². The van der Waals surface area contributed by atoms with Crippen LogP contribution in [0.3, 0.4) is 0 Å². The number of halogens is 1. The van der Waals surface area contributed by atoms with Crippen molar-refractivity contribution in [3.63, 3.8) is 0 Å². The lowest BCUT2D eigenvalue weighted by atomic mass is 10.1. The normalized spacial score (nSPS) is 24.1. The number of hydrogen-bond donors (Lipinski definition) is 1. The third-order valence-corrected chi connectivity index (χ3v) is 3.75. The van der Waals surface area contributed by atoms with Gasteiger partial charge in [0.25, 0.3) is 0 Å². The van der Waals surface area contributed by atoms with E-state index in [0.717, 1.165) is 29.8 Å². The van der Waals surface area contributed by atoms with E-state index in [1.165, 1.54) is 0 Å². The van der Waals surface area contributed by atoms with Crippen molar-refractivity contribution in [3.05, 3.63) is 17.4 Å². The Bertz CT molecular complexity index is 570. The van der Waals surface area contributed by atoms with Gasteiger partial charge in [-0.15, -0.1) is 0 Å². The highest BCUT2D eigenvalue weighted by Gasteiger charge is 2.31. The summed E-state index contributed by atoms with van der Waals surface area (Å²) >= 11 is 5.86. The zero-order valence-electron chi connectivity index (χ0n) is 10.4. The Hall–Kier alpha value is -1.33. The monoisotopic (exact) mass is 266 g/mol. The van der Waals surface area contributed by atoms with E-state index in [1.807, 2.05) is 0 Å². The number of nitrogens with zero attached hydrogens (tertiary/aromatic N) is 3. The number of ether oxygens (including phenoxy) is 1. The van der Waals surface area contributed by atoms with Crippen molar-refractivity contribution >= 4 is 28.3 Å². The van der Waals surface area contributed by atoms with Crippen molar-refractivity contribution < 1.29 is 4.74 Å². The van der Waals surface area contributed by atoms with Crippen molar-refractivity contribution in [2.45, 2.75) is 13.0 Å². The number of aromatic nitrogens is 3. The highest BCUT2D eigenvalue weighted by atomic mass is 35.5. The molecule has 0 saturated carbocycles. The Morgan fingerprint density at radius 1 is 1.50 bits per heavy atom. The fraction of sp³-hybridized carbons (Fsp3) is 0.500. The number of pyridine rings is 1. The number of methoxy groups -OCH3 is 1. The summed E-state index contributed by atoms with van der Waals surface area (Å²) in [7, 11) is 1.76. The van der Waals surface area contributed by atoms with Gasteiger partial charge in [-0.2, -0.15) is 5.10 Å². The van der Waals surface area contributed by atoms with Crippen molar-refractivity contribution in [1.82, 2.24) is 15.2 Å². The van der Waals surface area contributed by atoms with Gasteiger partial charge in [0.05, 0.1) is 17.0 Å². The summed E-state index contributed by atoms with van der Waals surface area (Å²) in [4.78, 5) is 6.35. The van der Waals surface area contributed by atoms with Gasteiger partial charge in [-0.3, -0.25) is 5.10 Å². The van der Waals surface area contributed by atoms with Gasteiger partial charge in [0.1, 0.15) is 5.15 Å². The van der Waals surface area contributed by atoms with Gasteiger partial charge in [0.15, 0.2) is 5.82 Å². The maximum atomic E-state index is 5.86. The number of nitrogens with one attached hydrogen (secondary N) is 1. The quantitative estimate of drug-likeness (QED) is 0.846. The lowest BCUT2D eigenvalue weighted by Gasteiger charge is -2.15. The molecule has 3 rings (SSSR count). The summed E-state index contributed by atoms with van der Waals surface area (Å²) in [5.74, 6) is 1.43. The van der Waals surface area contributed by atoms with Gasteiger partial charge in [0, 0.05) is 38.4 Å². The minimum atomic E-state index is 0.261. The Kier molecular flexibility index (Phi) is 2.87. The van der Waals surface area contributed by atoms with E-state index < -0.39 is 0 Å². The number of aromatic amines is 1. The van der Waals surface area contributed by atoms with E-state index in [4.69, 9.17) is 16.3 Å². The highest BCUT2D eigenvalue weighted by molar-refractivity contribution is 6.30. The molecule has 6 heteroatoms. The molecule has 0 spiro atoms. The smallest absolute Gasteiger partial charge is 0.159 e. The van der Waals surface area contributed by atoms with E-state index in [1.54, 1.807) is 19.4 Å². The Labute approximate surface area is 110 Å². The molecule has 1 aliphatic heterocycles. The Balaban J connectivity index is 1.96. The van der Waals surface area contributed by atoms with Crippen LogP contribution in [0.1, 0.15) is 6.92 Å². The molecule has 0 aliphatic carbocycles. The molecule has 0 aromatic carbocycles. The molecule has 3 heterocycles. The van der Waals surface area contributed by atoms with E-state index in [0.29, 0.717) is 11.1 Å². The minimum Gasteiger partial charge on any atom is -0.379 e. The first kappa shape index (κ1) is 11.7. The van der Waals surface area contributed by atoms with Crippen molar-refractivity contribution in [1.29, 1.82) is 0 Å². The summed E-state index contributed by atoms with van der Waals surface area (Å²) in [6.07, 6.45) is 2.03. The van der Waals surface area contributed by atoms with E-state index in [9.17, 15) is 0 Å². The molecular formula is C12H15ClN4O. The topological polar surface area (TPSA) is 54.0 Å². The molecule has 1 saturated heterocycles. The summed E-state index contributed by atoms with van der Waals surface area (Å²) in [6, 6.07) is 1.79. The molecule has 1 N–H and O–H groups in total. The number of fused-ring (bicyclic) bond motifs is 1. The third kappa shape index (κ3) is 1.83. The summed E-state index contributed by atoms with van der Waals surface area (Å²) in [5, 5.41) is 8.84. The molecule has 0 radical (unpaired) electrons. The third-order valence-electron chi connectivity index (χ3n) is 3.54. The van der Waals surface area contributed by atoms with Crippen LogP contribution in [-0.4, -0.2) is 41.5 Å². The van der Waals surface area contributed by atoms with E-state index in [-0.39, 0.29) is 6.10 Å². The molecule has 96 valence electrons. The van der Waals surface area contributed by atoms with Crippen LogP contribution in [0.2, 0.25) is 5.15 Å². The lowest BCUT2D eigenvalue weighted by molar-refractivity contribution is 0.0899. The van der Waals surface area contributed by atoms with Crippen LogP contribution in [0.25, 0.3) is 10.9 Å². The average molecular weight is 267 g/mol. The number of hydrogen-bond acceptors (Lipinski definition) is 4. The summed E-state index contributed by atoms with van der Waals surface area (Å²) in [5.41, 5.74) is 0.915. The van der Waals surface area contributed by atoms with Gasteiger partial charge < -0.3 is 9.64 Å². The zero-order chi connectivity index (χ0) is 12.7. The zero-order valence-corrected chi connectivity index (χ0v) is 11.1. The van der Waals surface area contributed by atoms with Crippen LogP contribution in [0.4, 0.5) is 5.82 Å². The fourth-order valence-electron chi connectivity index (χ4n) is 2.53. The molecule has 1 aliphatic rings. The SMILES string of the molecule is COC1CN(c2n[nH]c3cc(Cl)ncc23)CC1C. The van der Waals surface area contributed by atoms with Gasteiger partial charge in [-0.1, -0.05) is 18.5 Å². The second kappa shape index (κ2) is 4.40. The number of anilines is 1. The number of H-pyrrole nitrogens is 1. The predicted molar refractivity (Wildman–Crippen MR) is 71.1 cm³/mol. The van der Waals surface area contributed by atoms with Crippen LogP contribution in [0.5, 0.6) is 0 Å². The molecule has 2 unspecified atom stereocenters. The molecule has 0 amide bonds. The molecule has 2 atom stereocenters. The van der Waals surface area contributed by atoms with Crippen molar-refractivity contribution in [3.8, 4) is 0 Å². The van der Waals surface area contributed by atoms with Crippen LogP contribution >= 0.6 is 11.6 Å². The van der Waals surface area contributed by atoms with Crippen LogP contribution in [-0.2, 0) is 4.74 Å². The van der Waals surface area contributed by atoms with Crippen LogP contribution in [0, 0.1) is 5.92 Å². The molecule has 5 nitrogen and oxygen atoms in total. The first-order valence-corrected chi connectivity index (χ1v) is 6.34.